The summed E-state index contributed by atoms with van der Waals surface area (Å²) in [6.45, 7) is 2.47. The van der Waals surface area contributed by atoms with Crippen molar-refractivity contribution in [1.82, 2.24) is 0 Å². The molecule has 4 N–H and O–H groups in total. The molecule has 0 aliphatic carbocycles. The van der Waals surface area contributed by atoms with E-state index in [4.69, 9.17) is 19.6 Å². The molecule has 0 aromatic carbocycles. The Bertz CT molecular complexity index is 257. The van der Waals surface area contributed by atoms with Crippen LogP contribution in [0.25, 0.3) is 0 Å². The van der Waals surface area contributed by atoms with Crippen LogP contribution in [-0.2, 0) is 9.13 Å². The second kappa shape index (κ2) is 7.29. The van der Waals surface area contributed by atoms with Crippen molar-refractivity contribution in [2.75, 3.05) is 0 Å². The molecule has 0 rings (SSSR count). The normalized spacial score (nSPS) is 13.1. The summed E-state index contributed by atoms with van der Waals surface area (Å²) in [5.74, 6) is 0. The van der Waals surface area contributed by atoms with Gasteiger partial charge in [0, 0.05) is 4.75 Å². The number of hydrogen-bond acceptors (Lipinski definition) is 3. The Morgan fingerprint density at radius 1 is 1.00 bits per heavy atom. The number of hydrogen-bond donors (Lipinski definition) is 5. The molecular weight excluding hydrogens is 284 g/mol. The average Bonchev–Trinajstić information content (AvgIpc) is 1.44. The van der Waals surface area contributed by atoms with Crippen molar-refractivity contribution >= 4 is 86.9 Å². The van der Waals surface area contributed by atoms with Crippen molar-refractivity contribution in [3.05, 3.63) is 0 Å². The van der Waals surface area contributed by atoms with Gasteiger partial charge in [0.05, 0.1) is 0 Å². The van der Waals surface area contributed by atoms with E-state index in [9.17, 15) is 9.13 Å². The number of thiol groups is 1. The molecule has 0 radical (unpaired) electrons. The molecule has 0 fully saturated rings. The second-order valence-electron chi connectivity index (χ2n) is 3.21. The Kier molecular flexibility index (Phi) is 11.1. The SMILES string of the molecule is CC(C)(S)C(P(=O)(O)O)P(=O)(O)O.[NaH].[NaH]. The minimum absolute atomic E-state index is 0. The van der Waals surface area contributed by atoms with Crippen molar-refractivity contribution in [3.63, 3.8) is 0 Å². The summed E-state index contributed by atoms with van der Waals surface area (Å²) in [5, 5.41) is -2.07. The van der Waals surface area contributed by atoms with E-state index in [1.54, 1.807) is 0 Å². The van der Waals surface area contributed by atoms with Crippen molar-refractivity contribution in [2.45, 2.75) is 24.0 Å². The van der Waals surface area contributed by atoms with Gasteiger partial charge in [0.25, 0.3) is 0 Å². The molecule has 0 unspecified atom stereocenters. The van der Waals surface area contributed by atoms with E-state index in [1.807, 2.05) is 0 Å². The van der Waals surface area contributed by atoms with Crippen molar-refractivity contribution < 1.29 is 28.7 Å². The van der Waals surface area contributed by atoms with Gasteiger partial charge < -0.3 is 19.6 Å². The third kappa shape index (κ3) is 8.38. The molecule has 0 aromatic rings. The van der Waals surface area contributed by atoms with Crippen molar-refractivity contribution in [1.29, 1.82) is 0 Å². The number of rotatable bonds is 3. The molecule has 0 atom stereocenters. The van der Waals surface area contributed by atoms with Crippen LogP contribution >= 0.6 is 27.8 Å². The Labute approximate surface area is 138 Å². The minimum atomic E-state index is -4.86. The van der Waals surface area contributed by atoms with E-state index in [-0.39, 0.29) is 59.1 Å². The maximum absolute atomic E-state index is 10.8. The maximum atomic E-state index is 10.8. The van der Waals surface area contributed by atoms with Gasteiger partial charge in [-0.15, -0.1) is 0 Å². The predicted octanol–water partition coefficient (Wildman–Crippen LogP) is -0.921. The van der Waals surface area contributed by atoms with Crippen LogP contribution in [0.15, 0.2) is 0 Å². The Hall–Kier alpha value is 2.65. The quantitative estimate of drug-likeness (QED) is 0.261. The van der Waals surface area contributed by atoms with Gasteiger partial charge >= 0.3 is 74.3 Å². The van der Waals surface area contributed by atoms with Crippen LogP contribution in [0.2, 0.25) is 0 Å². The first-order valence-electron chi connectivity index (χ1n) is 3.19. The van der Waals surface area contributed by atoms with E-state index >= 15 is 0 Å². The van der Waals surface area contributed by atoms with E-state index < -0.39 is 25.3 Å². The summed E-state index contributed by atoms with van der Waals surface area (Å²) in [5.41, 5.74) is 0. The Morgan fingerprint density at radius 2 is 1.20 bits per heavy atom. The van der Waals surface area contributed by atoms with Gasteiger partial charge in [-0.3, -0.25) is 9.13 Å². The van der Waals surface area contributed by atoms with E-state index in [0.29, 0.717) is 0 Å². The van der Waals surface area contributed by atoms with Crippen molar-refractivity contribution in [3.8, 4) is 0 Å². The van der Waals surface area contributed by atoms with Gasteiger partial charge in [-0.25, -0.2) is 0 Å². The van der Waals surface area contributed by atoms with Gasteiger partial charge in [0.2, 0.25) is 0 Å². The molecule has 0 heterocycles. The van der Waals surface area contributed by atoms with E-state index in [1.165, 1.54) is 13.8 Å². The average molecular weight is 298 g/mol. The molecule has 0 spiro atoms. The van der Waals surface area contributed by atoms with Gasteiger partial charge in [-0.2, -0.15) is 12.6 Å². The zero-order valence-electron chi connectivity index (χ0n) is 7.02. The molecule has 0 amide bonds. The summed E-state index contributed by atoms with van der Waals surface area (Å²) in [6, 6.07) is 0. The fraction of sp³-hybridized carbons (Fsp3) is 1.00. The fourth-order valence-corrected chi connectivity index (χ4v) is 5.14. The molecule has 0 aliphatic rings. The van der Waals surface area contributed by atoms with Crippen LogP contribution < -0.4 is 0 Å². The molecule has 11 heteroatoms. The molecule has 6 nitrogen and oxygen atoms in total. The first kappa shape index (κ1) is 22.8. The Balaban J connectivity index is -0.000000720. The standard InChI is InChI=1S/C4H12O6P2S.2Na.2H/c1-4(2,13)3(11(5,6)7)12(8,9)10;;;;/h3,13H,1-2H3,(H2,5,6,7)(H2,8,9,10);;;;. The fourth-order valence-electron chi connectivity index (χ4n) is 1.02. The zero-order valence-corrected chi connectivity index (χ0v) is 9.71. The van der Waals surface area contributed by atoms with Crippen LogP contribution in [0.3, 0.4) is 0 Å². The van der Waals surface area contributed by atoms with E-state index in [0.717, 1.165) is 0 Å². The molecule has 0 saturated heterocycles. The van der Waals surface area contributed by atoms with Crippen LogP contribution in [0, 0.1) is 0 Å². The van der Waals surface area contributed by atoms with Crippen LogP contribution in [-0.4, -0.2) is 88.8 Å². The molecule has 15 heavy (non-hydrogen) atoms. The van der Waals surface area contributed by atoms with Gasteiger partial charge in [0.1, 0.15) is 0 Å². The third-order valence-corrected chi connectivity index (χ3v) is 6.31. The summed E-state index contributed by atoms with van der Waals surface area (Å²) >= 11 is 3.75. The van der Waals surface area contributed by atoms with Gasteiger partial charge in [0.15, 0.2) is 5.40 Å². The molecule has 0 aromatic heterocycles. The third-order valence-electron chi connectivity index (χ3n) is 1.27. The van der Waals surface area contributed by atoms with Gasteiger partial charge in [-0.1, -0.05) is 0 Å². The molecule has 0 saturated carbocycles. The van der Waals surface area contributed by atoms with E-state index in [2.05, 4.69) is 12.6 Å². The summed E-state index contributed by atoms with van der Waals surface area (Å²) in [7, 11) is -9.72. The van der Waals surface area contributed by atoms with Crippen molar-refractivity contribution in [2.24, 2.45) is 0 Å². The topological polar surface area (TPSA) is 115 Å². The Morgan fingerprint density at radius 3 is 1.20 bits per heavy atom. The monoisotopic (exact) mass is 298 g/mol. The second-order valence-corrected chi connectivity index (χ2v) is 8.15. The molecule has 0 aliphatic heterocycles. The van der Waals surface area contributed by atoms with Gasteiger partial charge in [-0.05, 0) is 13.8 Å². The van der Waals surface area contributed by atoms with Crippen LogP contribution in [0.1, 0.15) is 13.8 Å². The van der Waals surface area contributed by atoms with Crippen LogP contribution in [0.4, 0.5) is 0 Å². The first-order valence-corrected chi connectivity index (χ1v) is 7.00. The first-order chi connectivity index (χ1) is 5.37. The zero-order chi connectivity index (χ0) is 11.1. The molecule has 84 valence electrons. The summed E-state index contributed by atoms with van der Waals surface area (Å²) < 4.78 is 20.1. The summed E-state index contributed by atoms with van der Waals surface area (Å²) in [6.07, 6.45) is 0. The molecular formula is C4H14Na2O6P2S. The summed E-state index contributed by atoms with van der Waals surface area (Å²) in [4.78, 5) is 34.9. The molecule has 0 bridgehead atoms. The predicted molar refractivity (Wildman–Crippen MR) is 65.2 cm³/mol. The van der Waals surface area contributed by atoms with Crippen LogP contribution in [0.5, 0.6) is 0 Å².